The van der Waals surface area contributed by atoms with Crippen LogP contribution >= 0.6 is 0 Å². The molecule has 1 saturated heterocycles. The summed E-state index contributed by atoms with van der Waals surface area (Å²) in [6.45, 7) is 2.37. The summed E-state index contributed by atoms with van der Waals surface area (Å²) in [6.07, 6.45) is 8.78. The fraction of sp³-hybridized carbons (Fsp3) is 0.933. The fourth-order valence-corrected chi connectivity index (χ4v) is 3.61. The molecule has 1 aliphatic heterocycles. The lowest BCUT2D eigenvalue weighted by molar-refractivity contribution is 0.0870. The highest BCUT2D eigenvalue weighted by molar-refractivity contribution is 4.96. The third-order valence-electron chi connectivity index (χ3n) is 4.84. The molecule has 0 spiro atoms. The zero-order chi connectivity index (χ0) is 13.0. The second kappa shape index (κ2) is 6.54. The number of likely N-dealkylation sites (tertiary alicyclic amines) is 1. The van der Waals surface area contributed by atoms with Gasteiger partial charge in [0.2, 0.25) is 0 Å². The molecule has 0 amide bonds. The maximum atomic E-state index is 9.37. The van der Waals surface area contributed by atoms with E-state index in [1.807, 2.05) is 0 Å². The standard InChI is InChI=1S/C15H27N3/c1-17(2)14-8-10-18(11-9-14)15-7-5-3-4-6-13(15)12-16/h13-15H,3-11H2,1-2H3. The van der Waals surface area contributed by atoms with Crippen LogP contribution in [0, 0.1) is 17.2 Å². The Morgan fingerprint density at radius 1 is 1.00 bits per heavy atom. The average molecular weight is 249 g/mol. The molecule has 0 bridgehead atoms. The number of hydrogen-bond acceptors (Lipinski definition) is 3. The van der Waals surface area contributed by atoms with Gasteiger partial charge in [-0.05, 0) is 52.9 Å². The van der Waals surface area contributed by atoms with Crippen molar-refractivity contribution < 1.29 is 0 Å². The van der Waals surface area contributed by atoms with E-state index in [0.29, 0.717) is 6.04 Å². The molecule has 2 aliphatic rings. The van der Waals surface area contributed by atoms with E-state index in [-0.39, 0.29) is 5.92 Å². The van der Waals surface area contributed by atoms with Gasteiger partial charge >= 0.3 is 0 Å². The predicted octanol–water partition coefficient (Wildman–Crippen LogP) is 2.48. The van der Waals surface area contributed by atoms with Gasteiger partial charge in [-0.2, -0.15) is 5.26 Å². The predicted molar refractivity (Wildman–Crippen MR) is 74.3 cm³/mol. The van der Waals surface area contributed by atoms with Gasteiger partial charge in [-0.1, -0.05) is 19.3 Å². The molecule has 3 nitrogen and oxygen atoms in total. The lowest BCUT2D eigenvalue weighted by Gasteiger charge is -2.40. The third-order valence-corrected chi connectivity index (χ3v) is 4.84. The van der Waals surface area contributed by atoms with Crippen molar-refractivity contribution in [2.75, 3.05) is 27.2 Å². The van der Waals surface area contributed by atoms with Crippen molar-refractivity contribution in [1.82, 2.24) is 9.80 Å². The van der Waals surface area contributed by atoms with Gasteiger partial charge in [0.05, 0.1) is 12.0 Å². The number of rotatable bonds is 2. The van der Waals surface area contributed by atoms with Crippen LogP contribution in [0.3, 0.4) is 0 Å². The van der Waals surface area contributed by atoms with Crippen LogP contribution in [-0.4, -0.2) is 49.1 Å². The fourth-order valence-electron chi connectivity index (χ4n) is 3.61. The first-order valence-corrected chi connectivity index (χ1v) is 7.52. The van der Waals surface area contributed by atoms with Crippen LogP contribution in [0.5, 0.6) is 0 Å². The van der Waals surface area contributed by atoms with Crippen molar-refractivity contribution in [2.24, 2.45) is 5.92 Å². The molecule has 1 saturated carbocycles. The first-order chi connectivity index (χ1) is 8.72. The summed E-state index contributed by atoms with van der Waals surface area (Å²) in [6, 6.07) is 3.86. The summed E-state index contributed by atoms with van der Waals surface area (Å²) < 4.78 is 0. The molecule has 3 heteroatoms. The largest absolute Gasteiger partial charge is 0.306 e. The van der Waals surface area contributed by atoms with Crippen LogP contribution in [0.1, 0.15) is 44.9 Å². The number of hydrogen-bond donors (Lipinski definition) is 0. The lowest BCUT2D eigenvalue weighted by Crippen LogP contribution is -2.48. The van der Waals surface area contributed by atoms with Gasteiger partial charge in [-0.25, -0.2) is 0 Å². The Morgan fingerprint density at radius 3 is 2.28 bits per heavy atom. The molecule has 2 unspecified atom stereocenters. The van der Waals surface area contributed by atoms with E-state index >= 15 is 0 Å². The Kier molecular flexibility index (Phi) is 5.03. The zero-order valence-corrected chi connectivity index (χ0v) is 11.9. The second-order valence-electron chi connectivity index (χ2n) is 6.17. The molecule has 0 aromatic heterocycles. The van der Waals surface area contributed by atoms with E-state index in [1.54, 1.807) is 0 Å². The van der Waals surface area contributed by atoms with Crippen molar-refractivity contribution in [3.8, 4) is 6.07 Å². The Morgan fingerprint density at radius 2 is 1.67 bits per heavy atom. The SMILES string of the molecule is CN(C)C1CCN(C2CCCCCC2C#N)CC1. The minimum absolute atomic E-state index is 0.281. The maximum absolute atomic E-state index is 9.37. The number of nitriles is 1. The molecule has 102 valence electrons. The quantitative estimate of drug-likeness (QED) is 0.704. The highest BCUT2D eigenvalue weighted by Crippen LogP contribution is 2.29. The van der Waals surface area contributed by atoms with Gasteiger partial charge in [0.15, 0.2) is 0 Å². The Hall–Kier alpha value is -0.590. The molecule has 1 aliphatic carbocycles. The minimum Gasteiger partial charge on any atom is -0.306 e. The van der Waals surface area contributed by atoms with E-state index in [4.69, 9.17) is 0 Å². The molecule has 2 fully saturated rings. The number of nitrogens with zero attached hydrogens (tertiary/aromatic N) is 3. The molecule has 2 rings (SSSR count). The summed E-state index contributed by atoms with van der Waals surface area (Å²) in [5, 5.41) is 9.37. The molecule has 0 N–H and O–H groups in total. The minimum atomic E-state index is 0.281. The second-order valence-corrected chi connectivity index (χ2v) is 6.17. The first kappa shape index (κ1) is 13.8. The van der Waals surface area contributed by atoms with Gasteiger partial charge in [-0.3, -0.25) is 4.90 Å². The Balaban J connectivity index is 1.92. The van der Waals surface area contributed by atoms with E-state index in [1.165, 1.54) is 51.6 Å². The van der Waals surface area contributed by atoms with E-state index in [0.717, 1.165) is 12.5 Å². The maximum Gasteiger partial charge on any atom is 0.0672 e. The molecule has 18 heavy (non-hydrogen) atoms. The van der Waals surface area contributed by atoms with Crippen LogP contribution < -0.4 is 0 Å². The van der Waals surface area contributed by atoms with Gasteiger partial charge in [0.1, 0.15) is 0 Å². The van der Waals surface area contributed by atoms with Crippen molar-refractivity contribution in [2.45, 2.75) is 57.0 Å². The van der Waals surface area contributed by atoms with Crippen molar-refractivity contribution >= 4 is 0 Å². The molecule has 0 aromatic rings. The van der Waals surface area contributed by atoms with Gasteiger partial charge < -0.3 is 4.90 Å². The summed E-state index contributed by atoms with van der Waals surface area (Å²) >= 11 is 0. The molecule has 0 radical (unpaired) electrons. The van der Waals surface area contributed by atoms with Crippen molar-refractivity contribution in [3.05, 3.63) is 0 Å². The van der Waals surface area contributed by atoms with Crippen molar-refractivity contribution in [3.63, 3.8) is 0 Å². The van der Waals surface area contributed by atoms with Crippen LogP contribution in [0.2, 0.25) is 0 Å². The van der Waals surface area contributed by atoms with E-state index in [9.17, 15) is 5.26 Å². The molecular formula is C15H27N3. The normalized spacial score (nSPS) is 32.1. The van der Waals surface area contributed by atoms with Gasteiger partial charge in [-0.15, -0.1) is 0 Å². The molecule has 0 aromatic carbocycles. The molecular weight excluding hydrogens is 222 g/mol. The van der Waals surface area contributed by atoms with Crippen LogP contribution in [0.15, 0.2) is 0 Å². The monoisotopic (exact) mass is 249 g/mol. The van der Waals surface area contributed by atoms with Crippen molar-refractivity contribution in [1.29, 1.82) is 5.26 Å². The first-order valence-electron chi connectivity index (χ1n) is 7.52. The van der Waals surface area contributed by atoms with Gasteiger partial charge in [0.25, 0.3) is 0 Å². The van der Waals surface area contributed by atoms with Crippen LogP contribution in [0.25, 0.3) is 0 Å². The summed E-state index contributed by atoms with van der Waals surface area (Å²) in [5.74, 6) is 0.281. The summed E-state index contributed by atoms with van der Waals surface area (Å²) in [4.78, 5) is 4.96. The smallest absolute Gasteiger partial charge is 0.0672 e. The molecule has 1 heterocycles. The topological polar surface area (TPSA) is 30.3 Å². The number of piperidine rings is 1. The highest BCUT2D eigenvalue weighted by Gasteiger charge is 2.31. The molecule has 2 atom stereocenters. The van der Waals surface area contributed by atoms with Crippen LogP contribution in [-0.2, 0) is 0 Å². The lowest BCUT2D eigenvalue weighted by atomic mass is 9.92. The Bertz CT molecular complexity index is 287. The zero-order valence-electron chi connectivity index (χ0n) is 11.9. The average Bonchev–Trinajstić information content (AvgIpc) is 2.63. The summed E-state index contributed by atoms with van der Waals surface area (Å²) in [5.41, 5.74) is 0. The highest BCUT2D eigenvalue weighted by atomic mass is 15.2. The third kappa shape index (κ3) is 3.24. The Labute approximate surface area is 112 Å². The van der Waals surface area contributed by atoms with E-state index in [2.05, 4.69) is 30.0 Å². The summed E-state index contributed by atoms with van der Waals surface area (Å²) in [7, 11) is 4.37. The van der Waals surface area contributed by atoms with Crippen LogP contribution in [0.4, 0.5) is 0 Å². The van der Waals surface area contributed by atoms with Gasteiger partial charge in [0, 0.05) is 12.1 Å². The van der Waals surface area contributed by atoms with E-state index < -0.39 is 0 Å².